The van der Waals surface area contributed by atoms with Gasteiger partial charge in [-0.05, 0) is 31.4 Å². The van der Waals surface area contributed by atoms with Crippen LogP contribution in [-0.4, -0.2) is 37.8 Å². The van der Waals surface area contributed by atoms with Crippen molar-refractivity contribution < 1.29 is 17.6 Å². The van der Waals surface area contributed by atoms with Crippen molar-refractivity contribution in [1.29, 1.82) is 0 Å². The van der Waals surface area contributed by atoms with Crippen LogP contribution in [-0.2, 0) is 21.4 Å². The Morgan fingerprint density at radius 2 is 2.22 bits per heavy atom. The van der Waals surface area contributed by atoms with E-state index < -0.39 is 10.2 Å². The topological polar surface area (TPSA) is 91.7 Å². The maximum Gasteiger partial charge on any atom is 0.280 e. The fourth-order valence-electron chi connectivity index (χ4n) is 3.20. The SMILES string of the molecule is CCc1ccc([C@@H]2CCCN2S(=O)(=O)NC[C@@H]2CCC(=O)N2)o1. The van der Waals surface area contributed by atoms with Crippen molar-refractivity contribution in [2.45, 2.75) is 51.1 Å². The van der Waals surface area contributed by atoms with Gasteiger partial charge >= 0.3 is 0 Å². The van der Waals surface area contributed by atoms with Gasteiger partial charge < -0.3 is 9.73 Å². The van der Waals surface area contributed by atoms with E-state index >= 15 is 0 Å². The molecule has 1 aromatic rings. The summed E-state index contributed by atoms with van der Waals surface area (Å²) in [6.45, 7) is 2.72. The quantitative estimate of drug-likeness (QED) is 0.810. The van der Waals surface area contributed by atoms with Crippen molar-refractivity contribution in [1.82, 2.24) is 14.3 Å². The number of hydrogen-bond donors (Lipinski definition) is 2. The highest BCUT2D eigenvalue weighted by molar-refractivity contribution is 7.87. The molecule has 0 saturated carbocycles. The van der Waals surface area contributed by atoms with Crippen LogP contribution >= 0.6 is 0 Å². The Balaban J connectivity index is 1.66. The molecule has 2 fully saturated rings. The molecule has 0 aliphatic carbocycles. The smallest absolute Gasteiger partial charge is 0.280 e. The summed E-state index contributed by atoms with van der Waals surface area (Å²) in [5.41, 5.74) is 0. The normalized spacial score (nSPS) is 25.9. The van der Waals surface area contributed by atoms with Crippen LogP contribution in [0.4, 0.5) is 0 Å². The third-order valence-electron chi connectivity index (χ3n) is 4.47. The third kappa shape index (κ3) is 3.59. The zero-order chi connectivity index (χ0) is 16.4. The molecule has 3 heterocycles. The summed E-state index contributed by atoms with van der Waals surface area (Å²) in [7, 11) is -3.59. The Hall–Kier alpha value is -1.38. The van der Waals surface area contributed by atoms with E-state index in [9.17, 15) is 13.2 Å². The van der Waals surface area contributed by atoms with Crippen LogP contribution < -0.4 is 10.0 Å². The largest absolute Gasteiger partial charge is 0.464 e. The summed E-state index contributed by atoms with van der Waals surface area (Å²) >= 11 is 0. The Morgan fingerprint density at radius 3 is 2.87 bits per heavy atom. The van der Waals surface area contributed by atoms with Crippen molar-refractivity contribution in [3.05, 3.63) is 23.7 Å². The predicted octanol–water partition coefficient (Wildman–Crippen LogP) is 1.09. The van der Waals surface area contributed by atoms with Crippen molar-refractivity contribution in [2.24, 2.45) is 0 Å². The van der Waals surface area contributed by atoms with Gasteiger partial charge in [0.25, 0.3) is 10.2 Å². The maximum absolute atomic E-state index is 12.6. The number of aryl methyl sites for hydroxylation is 1. The molecule has 3 rings (SSSR count). The molecule has 0 aromatic carbocycles. The van der Waals surface area contributed by atoms with Gasteiger partial charge in [0.1, 0.15) is 11.5 Å². The van der Waals surface area contributed by atoms with Crippen molar-refractivity contribution in [2.75, 3.05) is 13.1 Å². The fraction of sp³-hybridized carbons (Fsp3) is 0.667. The first kappa shape index (κ1) is 16.5. The Bertz CT molecular complexity index is 670. The number of hydrogen-bond acceptors (Lipinski definition) is 4. The summed E-state index contributed by atoms with van der Waals surface area (Å²) in [5, 5.41) is 2.77. The summed E-state index contributed by atoms with van der Waals surface area (Å²) in [4.78, 5) is 11.2. The van der Waals surface area contributed by atoms with Gasteiger partial charge in [0.2, 0.25) is 5.91 Å². The molecule has 2 N–H and O–H groups in total. The number of amides is 1. The highest BCUT2D eigenvalue weighted by Gasteiger charge is 2.37. The zero-order valence-corrected chi connectivity index (χ0v) is 14.1. The number of carbonyl (C=O) groups is 1. The van der Waals surface area contributed by atoms with Crippen molar-refractivity contribution >= 4 is 16.1 Å². The molecule has 8 heteroatoms. The summed E-state index contributed by atoms with van der Waals surface area (Å²) < 4.78 is 35.0. The van der Waals surface area contributed by atoms with Gasteiger partial charge in [-0.3, -0.25) is 4.79 Å². The van der Waals surface area contributed by atoms with E-state index in [1.165, 1.54) is 4.31 Å². The molecule has 7 nitrogen and oxygen atoms in total. The highest BCUT2D eigenvalue weighted by Crippen LogP contribution is 2.34. The van der Waals surface area contributed by atoms with Crippen LogP contribution in [0.25, 0.3) is 0 Å². The van der Waals surface area contributed by atoms with Gasteiger partial charge in [-0.25, -0.2) is 4.72 Å². The van der Waals surface area contributed by atoms with Crippen LogP contribution in [0.1, 0.15) is 50.2 Å². The molecule has 0 unspecified atom stereocenters. The Kier molecular flexibility index (Phi) is 4.74. The number of rotatable bonds is 6. The minimum atomic E-state index is -3.59. The molecular weight excluding hydrogens is 318 g/mol. The zero-order valence-electron chi connectivity index (χ0n) is 13.2. The maximum atomic E-state index is 12.6. The lowest BCUT2D eigenvalue weighted by Gasteiger charge is -2.23. The predicted molar refractivity (Wildman–Crippen MR) is 84.9 cm³/mol. The lowest BCUT2D eigenvalue weighted by molar-refractivity contribution is -0.119. The van der Waals surface area contributed by atoms with Crippen LogP contribution in [0.5, 0.6) is 0 Å². The average Bonchev–Trinajstić information content (AvgIpc) is 3.24. The Labute approximate surface area is 136 Å². The first-order valence-corrected chi connectivity index (χ1v) is 9.58. The van der Waals surface area contributed by atoms with Crippen LogP contribution in [0, 0.1) is 0 Å². The van der Waals surface area contributed by atoms with E-state index in [0.29, 0.717) is 25.1 Å². The molecule has 0 spiro atoms. The number of nitrogens with zero attached hydrogens (tertiary/aromatic N) is 1. The van der Waals surface area contributed by atoms with E-state index in [2.05, 4.69) is 10.0 Å². The number of furan rings is 1. The third-order valence-corrected chi connectivity index (χ3v) is 6.05. The molecule has 0 bridgehead atoms. The second-order valence-electron chi connectivity index (χ2n) is 6.08. The molecule has 128 valence electrons. The average molecular weight is 341 g/mol. The monoisotopic (exact) mass is 341 g/mol. The minimum Gasteiger partial charge on any atom is -0.464 e. The number of carbonyl (C=O) groups excluding carboxylic acids is 1. The first-order chi connectivity index (χ1) is 11.0. The van der Waals surface area contributed by atoms with E-state index in [0.717, 1.165) is 25.0 Å². The Morgan fingerprint density at radius 1 is 1.39 bits per heavy atom. The molecule has 2 saturated heterocycles. The molecule has 1 amide bonds. The standard InChI is InChI=1S/C15H23N3O4S/c1-2-12-6-7-14(22-12)13-4-3-9-18(13)23(20,21)16-10-11-5-8-15(19)17-11/h6-7,11,13,16H,2-5,8-10H2,1H3,(H,17,19)/t11-,13-/m0/s1. The van der Waals surface area contributed by atoms with E-state index in [-0.39, 0.29) is 24.5 Å². The highest BCUT2D eigenvalue weighted by atomic mass is 32.2. The molecule has 23 heavy (non-hydrogen) atoms. The molecule has 2 aliphatic rings. The van der Waals surface area contributed by atoms with E-state index in [1.54, 1.807) is 0 Å². The van der Waals surface area contributed by atoms with Gasteiger partial charge in [-0.2, -0.15) is 12.7 Å². The molecular formula is C15H23N3O4S. The summed E-state index contributed by atoms with van der Waals surface area (Å²) in [5.74, 6) is 1.56. The van der Waals surface area contributed by atoms with Gasteiger partial charge in [0.15, 0.2) is 0 Å². The van der Waals surface area contributed by atoms with E-state index in [4.69, 9.17) is 4.42 Å². The molecule has 0 radical (unpaired) electrons. The van der Waals surface area contributed by atoms with Crippen LogP contribution in [0.2, 0.25) is 0 Å². The van der Waals surface area contributed by atoms with Gasteiger partial charge in [-0.1, -0.05) is 6.92 Å². The van der Waals surface area contributed by atoms with Crippen LogP contribution in [0.15, 0.2) is 16.5 Å². The second kappa shape index (κ2) is 6.62. The van der Waals surface area contributed by atoms with Crippen molar-refractivity contribution in [3.63, 3.8) is 0 Å². The van der Waals surface area contributed by atoms with Crippen LogP contribution in [0.3, 0.4) is 0 Å². The van der Waals surface area contributed by atoms with Gasteiger partial charge in [0.05, 0.1) is 6.04 Å². The van der Waals surface area contributed by atoms with Gasteiger partial charge in [-0.15, -0.1) is 0 Å². The van der Waals surface area contributed by atoms with Crippen molar-refractivity contribution in [3.8, 4) is 0 Å². The second-order valence-corrected chi connectivity index (χ2v) is 7.79. The molecule has 2 aliphatic heterocycles. The van der Waals surface area contributed by atoms with Gasteiger partial charge in [0, 0.05) is 32.0 Å². The summed E-state index contributed by atoms with van der Waals surface area (Å²) in [6, 6.07) is 3.41. The minimum absolute atomic E-state index is 0.0177. The lowest BCUT2D eigenvalue weighted by Crippen LogP contribution is -2.45. The summed E-state index contributed by atoms with van der Waals surface area (Å²) in [6.07, 6.45) is 3.50. The number of nitrogens with one attached hydrogen (secondary N) is 2. The lowest BCUT2D eigenvalue weighted by atomic mass is 10.2. The first-order valence-electron chi connectivity index (χ1n) is 8.14. The molecule has 2 atom stereocenters. The van der Waals surface area contributed by atoms with E-state index in [1.807, 2.05) is 19.1 Å². The molecule has 1 aromatic heterocycles. The fourth-order valence-corrected chi connectivity index (χ4v) is 4.69.